The lowest BCUT2D eigenvalue weighted by Crippen LogP contribution is -2.49. The van der Waals surface area contributed by atoms with E-state index in [1.807, 2.05) is 9.80 Å². The Bertz CT molecular complexity index is 643. The third kappa shape index (κ3) is 4.80. The number of hydrogen-bond acceptors (Lipinski definition) is 4. The fourth-order valence-corrected chi connectivity index (χ4v) is 4.11. The van der Waals surface area contributed by atoms with Gasteiger partial charge in [-0.2, -0.15) is 0 Å². The number of carbonyl (C=O) groups is 2. The van der Waals surface area contributed by atoms with E-state index in [4.69, 9.17) is 10.5 Å². The highest BCUT2D eigenvalue weighted by atomic mass is 16.5. The molecule has 2 aliphatic rings. The van der Waals surface area contributed by atoms with Crippen LogP contribution in [0.1, 0.15) is 56.3 Å². The summed E-state index contributed by atoms with van der Waals surface area (Å²) in [6, 6.07) is 7.79. The monoisotopic (exact) mass is 373 g/mol. The second-order valence-electron chi connectivity index (χ2n) is 7.87. The SMILES string of the molecule is CC1CCCC(C)N1C(=O)COc1ccc(C(=O)N2CCC(N)CC2)cc1. The van der Waals surface area contributed by atoms with Crippen LogP contribution in [0.2, 0.25) is 0 Å². The number of amides is 2. The van der Waals surface area contributed by atoms with Crippen molar-refractivity contribution in [2.24, 2.45) is 5.73 Å². The molecular weight excluding hydrogens is 342 g/mol. The van der Waals surface area contributed by atoms with Gasteiger partial charge in [-0.15, -0.1) is 0 Å². The van der Waals surface area contributed by atoms with Crippen LogP contribution in [-0.4, -0.2) is 59.4 Å². The molecule has 2 fully saturated rings. The van der Waals surface area contributed by atoms with Crippen molar-refractivity contribution < 1.29 is 14.3 Å². The first-order valence-corrected chi connectivity index (χ1v) is 10.0. The van der Waals surface area contributed by atoms with E-state index in [1.54, 1.807) is 24.3 Å². The average molecular weight is 373 g/mol. The summed E-state index contributed by atoms with van der Waals surface area (Å²) in [7, 11) is 0. The Hall–Kier alpha value is -2.08. The summed E-state index contributed by atoms with van der Waals surface area (Å²) >= 11 is 0. The van der Waals surface area contributed by atoms with Crippen molar-refractivity contribution >= 4 is 11.8 Å². The second kappa shape index (κ2) is 8.74. The molecule has 2 N–H and O–H groups in total. The van der Waals surface area contributed by atoms with E-state index >= 15 is 0 Å². The van der Waals surface area contributed by atoms with Crippen LogP contribution < -0.4 is 10.5 Å². The van der Waals surface area contributed by atoms with Crippen molar-refractivity contribution in [2.75, 3.05) is 19.7 Å². The van der Waals surface area contributed by atoms with Gasteiger partial charge in [0.05, 0.1) is 0 Å². The van der Waals surface area contributed by atoms with E-state index in [2.05, 4.69) is 13.8 Å². The lowest BCUT2D eigenvalue weighted by molar-refractivity contribution is -0.139. The molecule has 1 aromatic rings. The first-order valence-electron chi connectivity index (χ1n) is 10.0. The highest BCUT2D eigenvalue weighted by molar-refractivity contribution is 5.94. The number of ether oxygens (including phenoxy) is 1. The number of benzene rings is 1. The van der Waals surface area contributed by atoms with Crippen molar-refractivity contribution in [3.05, 3.63) is 29.8 Å². The van der Waals surface area contributed by atoms with E-state index < -0.39 is 0 Å². The molecule has 3 rings (SSSR count). The first kappa shape index (κ1) is 19.7. The fourth-order valence-electron chi connectivity index (χ4n) is 4.11. The van der Waals surface area contributed by atoms with Gasteiger partial charge in [-0.3, -0.25) is 9.59 Å². The van der Waals surface area contributed by atoms with Crippen molar-refractivity contribution in [3.8, 4) is 5.75 Å². The Kier molecular flexibility index (Phi) is 6.37. The Balaban J connectivity index is 1.53. The van der Waals surface area contributed by atoms with Crippen LogP contribution in [0, 0.1) is 0 Å². The minimum absolute atomic E-state index is 0.0273. The second-order valence-corrected chi connectivity index (χ2v) is 7.87. The van der Waals surface area contributed by atoms with E-state index in [0.717, 1.165) is 25.7 Å². The molecule has 0 aliphatic carbocycles. The van der Waals surface area contributed by atoms with Gasteiger partial charge in [-0.05, 0) is 70.2 Å². The molecule has 0 spiro atoms. The Labute approximate surface area is 161 Å². The zero-order valence-electron chi connectivity index (χ0n) is 16.4. The van der Waals surface area contributed by atoms with Crippen LogP contribution in [0.5, 0.6) is 5.75 Å². The number of hydrogen-bond donors (Lipinski definition) is 1. The fraction of sp³-hybridized carbons (Fsp3) is 0.619. The lowest BCUT2D eigenvalue weighted by atomic mass is 9.97. The van der Waals surface area contributed by atoms with Crippen LogP contribution in [-0.2, 0) is 4.79 Å². The van der Waals surface area contributed by atoms with Crippen molar-refractivity contribution in [1.29, 1.82) is 0 Å². The quantitative estimate of drug-likeness (QED) is 0.879. The van der Waals surface area contributed by atoms with Gasteiger partial charge >= 0.3 is 0 Å². The summed E-state index contributed by atoms with van der Waals surface area (Å²) < 4.78 is 5.68. The standard InChI is InChI=1S/C21H31N3O3/c1-15-4-3-5-16(2)24(15)20(25)14-27-19-8-6-17(7-9-19)21(26)23-12-10-18(22)11-13-23/h6-9,15-16,18H,3-5,10-14,22H2,1-2H3. The summed E-state index contributed by atoms with van der Waals surface area (Å²) in [5, 5.41) is 0. The van der Waals surface area contributed by atoms with Gasteiger partial charge in [0.15, 0.2) is 6.61 Å². The van der Waals surface area contributed by atoms with Crippen molar-refractivity contribution in [3.63, 3.8) is 0 Å². The van der Waals surface area contributed by atoms with Crippen LogP contribution in [0.4, 0.5) is 0 Å². The molecule has 2 saturated heterocycles. The minimum atomic E-state index is 0.0273. The third-order valence-corrected chi connectivity index (χ3v) is 5.77. The molecular formula is C21H31N3O3. The summed E-state index contributed by atoms with van der Waals surface area (Å²) in [6.07, 6.45) is 4.97. The molecule has 2 unspecified atom stereocenters. The summed E-state index contributed by atoms with van der Waals surface area (Å²) in [5.41, 5.74) is 6.54. The Morgan fingerprint density at radius 1 is 1.04 bits per heavy atom. The number of likely N-dealkylation sites (tertiary alicyclic amines) is 2. The van der Waals surface area contributed by atoms with Gasteiger partial charge in [0.1, 0.15) is 5.75 Å². The highest BCUT2D eigenvalue weighted by Gasteiger charge is 2.29. The van der Waals surface area contributed by atoms with Gasteiger partial charge in [-0.25, -0.2) is 0 Å². The normalized spacial score (nSPS) is 24.0. The molecule has 2 heterocycles. The van der Waals surface area contributed by atoms with Crippen LogP contribution in [0.25, 0.3) is 0 Å². The molecule has 6 nitrogen and oxygen atoms in total. The Morgan fingerprint density at radius 2 is 1.63 bits per heavy atom. The smallest absolute Gasteiger partial charge is 0.260 e. The highest BCUT2D eigenvalue weighted by Crippen LogP contribution is 2.23. The summed E-state index contributed by atoms with van der Waals surface area (Å²) in [4.78, 5) is 28.9. The van der Waals surface area contributed by atoms with Crippen molar-refractivity contribution in [2.45, 2.75) is 64.1 Å². The summed E-state index contributed by atoms with van der Waals surface area (Å²) in [6.45, 7) is 5.65. The number of rotatable bonds is 4. The number of nitrogens with zero attached hydrogens (tertiary/aromatic N) is 2. The van der Waals surface area contributed by atoms with Gasteiger partial charge in [-0.1, -0.05) is 0 Å². The van der Waals surface area contributed by atoms with E-state index in [-0.39, 0.29) is 36.5 Å². The number of carbonyl (C=O) groups excluding carboxylic acids is 2. The lowest BCUT2D eigenvalue weighted by Gasteiger charge is -2.38. The molecule has 0 bridgehead atoms. The van der Waals surface area contributed by atoms with Gasteiger partial charge in [0.25, 0.3) is 11.8 Å². The Morgan fingerprint density at radius 3 is 2.22 bits per heavy atom. The molecule has 2 aliphatic heterocycles. The maximum atomic E-state index is 12.5. The largest absolute Gasteiger partial charge is 0.484 e. The molecule has 148 valence electrons. The van der Waals surface area contributed by atoms with E-state index in [0.29, 0.717) is 24.4 Å². The first-order chi connectivity index (χ1) is 13.0. The predicted molar refractivity (Wildman–Crippen MR) is 105 cm³/mol. The maximum absolute atomic E-state index is 12.5. The van der Waals surface area contributed by atoms with Gasteiger partial charge in [0, 0.05) is 36.8 Å². The zero-order chi connectivity index (χ0) is 19.4. The number of nitrogens with two attached hydrogens (primary N) is 1. The van der Waals surface area contributed by atoms with E-state index in [9.17, 15) is 9.59 Å². The molecule has 0 aromatic heterocycles. The minimum Gasteiger partial charge on any atom is -0.484 e. The molecule has 0 radical (unpaired) electrons. The predicted octanol–water partition coefficient (Wildman–Crippen LogP) is 2.42. The van der Waals surface area contributed by atoms with Gasteiger partial charge in [0.2, 0.25) is 0 Å². The van der Waals surface area contributed by atoms with Crippen molar-refractivity contribution in [1.82, 2.24) is 9.80 Å². The molecule has 2 amide bonds. The molecule has 27 heavy (non-hydrogen) atoms. The number of piperidine rings is 2. The van der Waals surface area contributed by atoms with Crippen LogP contribution in [0.15, 0.2) is 24.3 Å². The molecule has 1 aromatic carbocycles. The topological polar surface area (TPSA) is 75.9 Å². The maximum Gasteiger partial charge on any atom is 0.260 e. The third-order valence-electron chi connectivity index (χ3n) is 5.77. The summed E-state index contributed by atoms with van der Waals surface area (Å²) in [5.74, 6) is 0.665. The zero-order valence-corrected chi connectivity index (χ0v) is 16.4. The van der Waals surface area contributed by atoms with E-state index in [1.165, 1.54) is 6.42 Å². The molecule has 0 saturated carbocycles. The van der Waals surface area contributed by atoms with Crippen LogP contribution in [0.3, 0.4) is 0 Å². The molecule has 6 heteroatoms. The van der Waals surface area contributed by atoms with Crippen LogP contribution >= 0.6 is 0 Å². The average Bonchev–Trinajstić information content (AvgIpc) is 2.67. The van der Waals surface area contributed by atoms with Gasteiger partial charge < -0.3 is 20.3 Å². The molecule has 2 atom stereocenters.